The van der Waals surface area contributed by atoms with E-state index in [0.717, 1.165) is 41.9 Å². The van der Waals surface area contributed by atoms with Gasteiger partial charge in [0.25, 0.3) is 5.91 Å². The van der Waals surface area contributed by atoms with Crippen LogP contribution in [-0.4, -0.2) is 28.4 Å². The number of hydrogen-bond donors (Lipinski definition) is 0. The number of rotatable bonds is 2. The molecule has 1 fully saturated rings. The summed E-state index contributed by atoms with van der Waals surface area (Å²) in [7, 11) is 0. The second-order valence-electron chi connectivity index (χ2n) is 7.27. The highest BCUT2D eigenvalue weighted by atomic mass is 32.1. The Hall–Kier alpha value is -2.05. The maximum absolute atomic E-state index is 13.6. The van der Waals surface area contributed by atoms with Gasteiger partial charge in [-0.15, -0.1) is 22.7 Å². The summed E-state index contributed by atoms with van der Waals surface area (Å²) < 4.78 is 13.6. The first-order chi connectivity index (χ1) is 13.2. The third-order valence-electron chi connectivity index (χ3n) is 5.66. The van der Waals surface area contributed by atoms with Gasteiger partial charge in [-0.1, -0.05) is 6.07 Å². The quantitative estimate of drug-likeness (QED) is 0.583. The molecule has 4 heterocycles. The first-order valence-corrected chi connectivity index (χ1v) is 11.0. The number of benzene rings is 1. The van der Waals surface area contributed by atoms with Crippen LogP contribution < -0.4 is 0 Å². The lowest BCUT2D eigenvalue weighted by Crippen LogP contribution is -2.45. The van der Waals surface area contributed by atoms with Crippen LogP contribution in [-0.2, 0) is 6.42 Å². The molecule has 2 aliphatic rings. The van der Waals surface area contributed by atoms with Crippen LogP contribution in [0.5, 0.6) is 0 Å². The standard InChI is InChI=1S/C21H19FN2OS2/c22-15-5-8-17-13(10-15)3-6-16-7-4-14(11-24(16)21(17)25)20-23-18(12-27-20)19-2-1-9-26-19/h1-2,5,8-10,12,14,16H,3-4,6-7,11H2/t14-,16+/m0/s1. The molecule has 0 bridgehead atoms. The smallest absolute Gasteiger partial charge is 0.254 e. The number of halogens is 1. The van der Waals surface area contributed by atoms with E-state index in [1.54, 1.807) is 28.7 Å². The molecule has 1 saturated heterocycles. The predicted molar refractivity (Wildman–Crippen MR) is 107 cm³/mol. The summed E-state index contributed by atoms with van der Waals surface area (Å²) in [5.74, 6) is 0.0707. The Morgan fingerprint density at radius 1 is 1.15 bits per heavy atom. The molecule has 1 aromatic carbocycles. The number of hydrogen-bond acceptors (Lipinski definition) is 4. The van der Waals surface area contributed by atoms with E-state index in [1.807, 2.05) is 11.0 Å². The first-order valence-electron chi connectivity index (χ1n) is 9.28. The molecule has 1 amide bonds. The van der Waals surface area contributed by atoms with Gasteiger partial charge < -0.3 is 4.90 Å². The van der Waals surface area contributed by atoms with Gasteiger partial charge in [-0.3, -0.25) is 4.79 Å². The Morgan fingerprint density at radius 2 is 2.07 bits per heavy atom. The fraction of sp³-hybridized carbons (Fsp3) is 0.333. The Balaban J connectivity index is 1.41. The number of amides is 1. The summed E-state index contributed by atoms with van der Waals surface area (Å²) in [5.41, 5.74) is 2.55. The van der Waals surface area contributed by atoms with Crippen molar-refractivity contribution in [3.05, 3.63) is 63.0 Å². The van der Waals surface area contributed by atoms with Gasteiger partial charge in [-0.05, 0) is 60.9 Å². The van der Waals surface area contributed by atoms with Gasteiger partial charge in [-0.2, -0.15) is 0 Å². The van der Waals surface area contributed by atoms with Gasteiger partial charge in [0.2, 0.25) is 0 Å². The van der Waals surface area contributed by atoms with E-state index in [1.165, 1.54) is 17.0 Å². The fourth-order valence-electron chi connectivity index (χ4n) is 4.24. The number of aromatic nitrogens is 1. The van der Waals surface area contributed by atoms with Crippen molar-refractivity contribution in [2.75, 3.05) is 6.54 Å². The lowest BCUT2D eigenvalue weighted by Gasteiger charge is -2.38. The second-order valence-corrected chi connectivity index (χ2v) is 9.11. The normalized spacial score (nSPS) is 22.3. The highest BCUT2D eigenvalue weighted by Crippen LogP contribution is 2.37. The maximum Gasteiger partial charge on any atom is 0.254 e. The Kier molecular flexibility index (Phi) is 4.32. The summed E-state index contributed by atoms with van der Waals surface area (Å²) in [4.78, 5) is 21.2. The molecule has 0 unspecified atom stereocenters. The number of piperidine rings is 1. The van der Waals surface area contributed by atoms with Gasteiger partial charge in [0.15, 0.2) is 0 Å². The molecule has 0 saturated carbocycles. The molecule has 2 atom stereocenters. The van der Waals surface area contributed by atoms with Gasteiger partial charge in [0.05, 0.1) is 15.6 Å². The van der Waals surface area contributed by atoms with Gasteiger partial charge >= 0.3 is 0 Å². The number of thiazole rings is 1. The minimum atomic E-state index is -0.261. The molecule has 3 aromatic rings. The monoisotopic (exact) mass is 398 g/mol. The number of fused-ring (bicyclic) bond motifs is 2. The summed E-state index contributed by atoms with van der Waals surface area (Å²) >= 11 is 3.40. The molecular weight excluding hydrogens is 379 g/mol. The molecular formula is C21H19FN2OS2. The minimum absolute atomic E-state index is 0.0484. The van der Waals surface area contributed by atoms with E-state index in [-0.39, 0.29) is 23.7 Å². The topological polar surface area (TPSA) is 33.2 Å². The number of nitrogens with zero attached hydrogens (tertiary/aromatic N) is 2. The van der Waals surface area contributed by atoms with Gasteiger partial charge in [-0.25, -0.2) is 9.37 Å². The highest BCUT2D eigenvalue weighted by Gasteiger charge is 2.36. The summed E-state index contributed by atoms with van der Waals surface area (Å²) in [6.45, 7) is 0.706. The number of thiophene rings is 1. The molecule has 0 aliphatic carbocycles. The maximum atomic E-state index is 13.6. The number of carbonyl (C=O) groups is 1. The summed E-state index contributed by atoms with van der Waals surface area (Å²) in [5, 5.41) is 5.30. The van der Waals surface area contributed by atoms with Crippen molar-refractivity contribution >= 4 is 28.6 Å². The lowest BCUT2D eigenvalue weighted by atomic mass is 9.91. The van der Waals surface area contributed by atoms with E-state index in [4.69, 9.17) is 4.98 Å². The Bertz CT molecular complexity index is 982. The molecule has 27 heavy (non-hydrogen) atoms. The van der Waals surface area contributed by atoms with Crippen LogP contribution in [0.4, 0.5) is 4.39 Å². The molecule has 6 heteroatoms. The molecule has 2 aliphatic heterocycles. The highest BCUT2D eigenvalue weighted by molar-refractivity contribution is 7.14. The van der Waals surface area contributed by atoms with Crippen LogP contribution >= 0.6 is 22.7 Å². The van der Waals surface area contributed by atoms with Crippen LogP contribution in [0.1, 0.15) is 46.1 Å². The van der Waals surface area contributed by atoms with Crippen molar-refractivity contribution in [2.24, 2.45) is 0 Å². The third kappa shape index (κ3) is 3.11. The Morgan fingerprint density at radius 3 is 2.93 bits per heavy atom. The molecule has 5 rings (SSSR count). The number of carbonyl (C=O) groups excluding carboxylic acids is 1. The first kappa shape index (κ1) is 17.1. The average Bonchev–Trinajstić information content (AvgIpc) is 3.35. The van der Waals surface area contributed by atoms with E-state index < -0.39 is 0 Å². The van der Waals surface area contributed by atoms with E-state index in [2.05, 4.69) is 16.8 Å². The van der Waals surface area contributed by atoms with Crippen LogP contribution in [0.15, 0.2) is 41.1 Å². The Labute approximate surface area is 165 Å². The van der Waals surface area contributed by atoms with Crippen molar-refractivity contribution in [2.45, 2.75) is 37.6 Å². The predicted octanol–water partition coefficient (Wildman–Crippen LogP) is 5.35. The van der Waals surface area contributed by atoms with Crippen molar-refractivity contribution < 1.29 is 9.18 Å². The van der Waals surface area contributed by atoms with Crippen molar-refractivity contribution in [1.29, 1.82) is 0 Å². The van der Waals surface area contributed by atoms with Crippen LogP contribution in [0.3, 0.4) is 0 Å². The second kappa shape index (κ2) is 6.84. The van der Waals surface area contributed by atoms with Gasteiger partial charge in [0, 0.05) is 29.4 Å². The third-order valence-corrected chi connectivity index (χ3v) is 7.56. The molecule has 0 spiro atoms. The van der Waals surface area contributed by atoms with E-state index in [9.17, 15) is 9.18 Å². The van der Waals surface area contributed by atoms with Crippen molar-refractivity contribution in [3.8, 4) is 10.6 Å². The minimum Gasteiger partial charge on any atom is -0.335 e. The largest absolute Gasteiger partial charge is 0.335 e. The molecule has 0 N–H and O–H groups in total. The SMILES string of the molecule is O=C1c2ccc(F)cc2CC[C@@H]2CC[C@H](c3nc(-c4cccs4)cs3)CN12. The van der Waals surface area contributed by atoms with E-state index in [0.29, 0.717) is 12.1 Å². The zero-order valence-electron chi connectivity index (χ0n) is 14.7. The molecule has 3 nitrogen and oxygen atoms in total. The van der Waals surface area contributed by atoms with Crippen LogP contribution in [0.25, 0.3) is 10.6 Å². The fourth-order valence-corrected chi connectivity index (χ4v) is 5.95. The molecule has 138 valence electrons. The average molecular weight is 399 g/mol. The van der Waals surface area contributed by atoms with Crippen LogP contribution in [0.2, 0.25) is 0 Å². The van der Waals surface area contributed by atoms with E-state index >= 15 is 0 Å². The van der Waals surface area contributed by atoms with Gasteiger partial charge in [0.1, 0.15) is 5.82 Å². The number of aryl methyl sites for hydroxylation is 1. The summed E-state index contributed by atoms with van der Waals surface area (Å²) in [6, 6.07) is 8.96. The zero-order valence-corrected chi connectivity index (χ0v) is 16.4. The molecule has 0 radical (unpaired) electrons. The molecule has 2 aromatic heterocycles. The summed E-state index contributed by atoms with van der Waals surface area (Å²) in [6.07, 6.45) is 3.72. The zero-order chi connectivity index (χ0) is 18.4. The lowest BCUT2D eigenvalue weighted by molar-refractivity contribution is 0.0588. The van der Waals surface area contributed by atoms with Crippen molar-refractivity contribution in [1.82, 2.24) is 9.88 Å². The van der Waals surface area contributed by atoms with Crippen molar-refractivity contribution in [3.63, 3.8) is 0 Å². The van der Waals surface area contributed by atoms with Crippen LogP contribution in [0, 0.1) is 5.82 Å².